The van der Waals surface area contributed by atoms with Crippen molar-refractivity contribution in [3.63, 3.8) is 0 Å². The molecule has 0 amide bonds. The van der Waals surface area contributed by atoms with Crippen LogP contribution in [0.1, 0.15) is 18.2 Å². The maximum absolute atomic E-state index is 14.3. The second-order valence-corrected chi connectivity index (χ2v) is 5.77. The first-order valence-corrected chi connectivity index (χ1v) is 7.54. The predicted molar refractivity (Wildman–Crippen MR) is 86.8 cm³/mol. The van der Waals surface area contributed by atoms with E-state index in [1.165, 1.54) is 6.07 Å². The van der Waals surface area contributed by atoms with Crippen molar-refractivity contribution >= 4 is 16.6 Å². The number of aryl methyl sites for hydroxylation is 3. The summed E-state index contributed by atoms with van der Waals surface area (Å²) in [4.78, 5) is 4.55. The van der Waals surface area contributed by atoms with E-state index in [9.17, 15) is 4.39 Å². The number of hydrogen-bond donors (Lipinski definition) is 0. The molecule has 6 heteroatoms. The van der Waals surface area contributed by atoms with Crippen molar-refractivity contribution in [1.82, 2.24) is 24.4 Å². The Hall–Kier alpha value is -2.76. The molecule has 0 saturated carbocycles. The normalized spacial score (nSPS) is 11.7. The van der Waals surface area contributed by atoms with Gasteiger partial charge in [0.05, 0.1) is 17.6 Å². The zero-order valence-corrected chi connectivity index (χ0v) is 13.2. The second-order valence-electron chi connectivity index (χ2n) is 5.77. The van der Waals surface area contributed by atoms with E-state index in [-0.39, 0.29) is 5.82 Å². The summed E-state index contributed by atoms with van der Waals surface area (Å²) in [5.41, 5.74) is 4.69. The third-order valence-corrected chi connectivity index (χ3v) is 3.99. The molecule has 0 atom stereocenters. The number of halogens is 1. The number of imidazole rings is 1. The van der Waals surface area contributed by atoms with Crippen molar-refractivity contribution in [2.45, 2.75) is 20.3 Å². The Labute approximate surface area is 132 Å². The number of hydrogen-bond acceptors (Lipinski definition) is 3. The van der Waals surface area contributed by atoms with Crippen molar-refractivity contribution in [3.05, 3.63) is 47.7 Å². The lowest BCUT2D eigenvalue weighted by atomic mass is 10.1. The van der Waals surface area contributed by atoms with E-state index >= 15 is 0 Å². The lowest BCUT2D eigenvalue weighted by Gasteiger charge is -2.05. The number of aromatic nitrogens is 5. The van der Waals surface area contributed by atoms with Gasteiger partial charge < -0.3 is 0 Å². The highest BCUT2D eigenvalue weighted by atomic mass is 19.1. The Bertz CT molecular complexity index is 1040. The third-order valence-electron chi connectivity index (χ3n) is 3.99. The largest absolute Gasteiger partial charge is 0.274 e. The van der Waals surface area contributed by atoms with Gasteiger partial charge in [-0.2, -0.15) is 10.2 Å². The summed E-state index contributed by atoms with van der Waals surface area (Å²) in [6, 6.07) is 5.34. The maximum Gasteiger partial charge on any atom is 0.156 e. The predicted octanol–water partition coefficient (Wildman–Crippen LogP) is 3.29. The van der Waals surface area contributed by atoms with Crippen molar-refractivity contribution in [3.8, 4) is 11.3 Å². The van der Waals surface area contributed by atoms with Gasteiger partial charge in [0.25, 0.3) is 0 Å². The number of fused-ring (bicyclic) bond motifs is 2. The maximum atomic E-state index is 14.3. The Morgan fingerprint density at radius 1 is 1.13 bits per heavy atom. The molecule has 0 aliphatic heterocycles. The Kier molecular flexibility index (Phi) is 2.94. The minimum Gasteiger partial charge on any atom is -0.274 e. The highest BCUT2D eigenvalue weighted by molar-refractivity contribution is 5.84. The monoisotopic (exact) mass is 309 g/mol. The standard InChI is InChI=1S/C17H16FN5/c1-4-13-9-23-17(19-13)10(2)5-15(20-23)11-6-12-8-22(3)21-16(12)14(18)7-11/h5-9H,4H2,1-3H3. The summed E-state index contributed by atoms with van der Waals surface area (Å²) < 4.78 is 17.7. The Morgan fingerprint density at radius 2 is 1.96 bits per heavy atom. The zero-order valence-electron chi connectivity index (χ0n) is 13.2. The molecular weight excluding hydrogens is 293 g/mol. The van der Waals surface area contributed by atoms with Crippen molar-refractivity contribution in [2.24, 2.45) is 7.05 Å². The Morgan fingerprint density at radius 3 is 2.74 bits per heavy atom. The summed E-state index contributed by atoms with van der Waals surface area (Å²) in [5, 5.41) is 9.49. The molecule has 23 heavy (non-hydrogen) atoms. The molecule has 3 aromatic heterocycles. The quantitative estimate of drug-likeness (QED) is 0.571. The molecule has 0 bridgehead atoms. The molecular formula is C17H16FN5. The molecule has 0 fully saturated rings. The first kappa shape index (κ1) is 13.9. The molecule has 0 saturated heterocycles. The van der Waals surface area contributed by atoms with E-state index < -0.39 is 0 Å². The van der Waals surface area contributed by atoms with Crippen LogP contribution < -0.4 is 0 Å². The number of nitrogens with zero attached hydrogens (tertiary/aromatic N) is 5. The van der Waals surface area contributed by atoms with E-state index in [0.717, 1.165) is 40.0 Å². The van der Waals surface area contributed by atoms with Crippen LogP contribution in [-0.4, -0.2) is 24.4 Å². The number of rotatable bonds is 2. The minimum absolute atomic E-state index is 0.336. The molecule has 4 rings (SSSR count). The van der Waals surface area contributed by atoms with Gasteiger partial charge in [0, 0.05) is 24.2 Å². The lowest BCUT2D eigenvalue weighted by molar-refractivity contribution is 0.632. The lowest BCUT2D eigenvalue weighted by Crippen LogP contribution is -1.96. The van der Waals surface area contributed by atoms with Crippen LogP contribution in [0.25, 0.3) is 27.8 Å². The molecule has 0 aliphatic rings. The summed E-state index contributed by atoms with van der Waals surface area (Å²) >= 11 is 0. The SMILES string of the molecule is CCc1cn2nc(-c3cc(F)c4nn(C)cc4c3)cc(C)c2n1. The molecule has 0 N–H and O–H groups in total. The van der Waals surface area contributed by atoms with Gasteiger partial charge in [-0.1, -0.05) is 6.92 Å². The van der Waals surface area contributed by atoms with Crippen LogP contribution in [0.3, 0.4) is 0 Å². The summed E-state index contributed by atoms with van der Waals surface area (Å²) in [7, 11) is 1.78. The van der Waals surface area contributed by atoms with Gasteiger partial charge >= 0.3 is 0 Å². The van der Waals surface area contributed by atoms with Gasteiger partial charge in [-0.25, -0.2) is 13.9 Å². The van der Waals surface area contributed by atoms with Crippen LogP contribution >= 0.6 is 0 Å². The van der Waals surface area contributed by atoms with Crippen LogP contribution in [0.15, 0.2) is 30.6 Å². The first-order valence-electron chi connectivity index (χ1n) is 7.54. The summed E-state index contributed by atoms with van der Waals surface area (Å²) in [6.07, 6.45) is 4.58. The van der Waals surface area contributed by atoms with Gasteiger partial charge in [-0.05, 0) is 37.1 Å². The Balaban J connectivity index is 1.94. The number of benzene rings is 1. The molecule has 0 unspecified atom stereocenters. The van der Waals surface area contributed by atoms with Gasteiger partial charge in [0.1, 0.15) is 5.52 Å². The highest BCUT2D eigenvalue weighted by Crippen LogP contribution is 2.26. The highest BCUT2D eigenvalue weighted by Gasteiger charge is 2.12. The summed E-state index contributed by atoms with van der Waals surface area (Å²) in [6.45, 7) is 4.05. The first-order chi connectivity index (χ1) is 11.0. The average molecular weight is 309 g/mol. The van der Waals surface area contributed by atoms with Gasteiger partial charge in [-0.15, -0.1) is 0 Å². The second kappa shape index (κ2) is 4.87. The average Bonchev–Trinajstić information content (AvgIpc) is 3.10. The van der Waals surface area contributed by atoms with Crippen LogP contribution in [0.5, 0.6) is 0 Å². The van der Waals surface area contributed by atoms with Crippen LogP contribution in [-0.2, 0) is 13.5 Å². The van der Waals surface area contributed by atoms with Crippen LogP contribution in [0, 0.1) is 12.7 Å². The molecule has 0 aliphatic carbocycles. The van der Waals surface area contributed by atoms with Crippen LogP contribution in [0.2, 0.25) is 0 Å². The van der Waals surface area contributed by atoms with Gasteiger partial charge in [0.2, 0.25) is 0 Å². The van der Waals surface area contributed by atoms with Gasteiger partial charge in [0.15, 0.2) is 11.5 Å². The van der Waals surface area contributed by atoms with E-state index in [2.05, 4.69) is 22.1 Å². The topological polar surface area (TPSA) is 48.0 Å². The molecule has 5 nitrogen and oxygen atoms in total. The minimum atomic E-state index is -0.336. The van der Waals surface area contributed by atoms with E-state index in [0.29, 0.717) is 5.52 Å². The third kappa shape index (κ3) is 2.18. The molecule has 0 spiro atoms. The zero-order chi connectivity index (χ0) is 16.1. The molecule has 4 aromatic rings. The smallest absolute Gasteiger partial charge is 0.156 e. The fourth-order valence-electron chi connectivity index (χ4n) is 2.85. The van der Waals surface area contributed by atoms with Crippen molar-refractivity contribution in [1.29, 1.82) is 0 Å². The fourth-order valence-corrected chi connectivity index (χ4v) is 2.85. The van der Waals surface area contributed by atoms with E-state index in [1.807, 2.05) is 25.3 Å². The van der Waals surface area contributed by atoms with Crippen LogP contribution in [0.4, 0.5) is 4.39 Å². The molecule has 116 valence electrons. The fraction of sp³-hybridized carbons (Fsp3) is 0.235. The van der Waals surface area contributed by atoms with Crippen molar-refractivity contribution in [2.75, 3.05) is 0 Å². The van der Waals surface area contributed by atoms with Gasteiger partial charge in [-0.3, -0.25) is 4.68 Å². The van der Waals surface area contributed by atoms with E-state index in [4.69, 9.17) is 0 Å². The van der Waals surface area contributed by atoms with E-state index in [1.54, 1.807) is 22.4 Å². The van der Waals surface area contributed by atoms with Crippen molar-refractivity contribution < 1.29 is 4.39 Å². The summed E-state index contributed by atoms with van der Waals surface area (Å²) in [5.74, 6) is -0.336. The molecule has 1 aromatic carbocycles. The molecule has 3 heterocycles. The molecule has 0 radical (unpaired) electrons.